The summed E-state index contributed by atoms with van der Waals surface area (Å²) in [6.45, 7) is 5.03. The highest BCUT2D eigenvalue weighted by molar-refractivity contribution is 5.85. The Bertz CT molecular complexity index is 450. The first-order chi connectivity index (χ1) is 9.66. The number of rotatable bonds is 5. The van der Waals surface area contributed by atoms with Crippen LogP contribution >= 0.6 is 12.4 Å². The van der Waals surface area contributed by atoms with Gasteiger partial charge in [0.05, 0.1) is 13.2 Å². The Hall–Kier alpha value is -1.30. The van der Waals surface area contributed by atoms with Gasteiger partial charge in [0.1, 0.15) is 18.5 Å². The molecule has 2 rings (SSSR count). The van der Waals surface area contributed by atoms with E-state index in [1.54, 1.807) is 11.9 Å². The number of morpholine rings is 1. The normalized spacial score (nSPS) is 17.7. The molecular formula is C15H23ClN2O3. The predicted octanol–water partition coefficient (Wildman–Crippen LogP) is 1.24. The number of carbonyl (C=O) groups is 1. The van der Waals surface area contributed by atoms with E-state index < -0.39 is 0 Å². The van der Waals surface area contributed by atoms with Gasteiger partial charge in [-0.2, -0.15) is 0 Å². The van der Waals surface area contributed by atoms with E-state index in [0.717, 1.165) is 17.9 Å². The number of halogens is 1. The molecule has 118 valence electrons. The van der Waals surface area contributed by atoms with Crippen LogP contribution in [0.1, 0.15) is 5.56 Å². The molecule has 0 bridgehead atoms. The lowest BCUT2D eigenvalue weighted by molar-refractivity contribution is -0.144. The van der Waals surface area contributed by atoms with Gasteiger partial charge in [-0.05, 0) is 24.6 Å². The molecule has 0 aromatic heterocycles. The van der Waals surface area contributed by atoms with Crippen molar-refractivity contribution in [3.63, 3.8) is 0 Å². The summed E-state index contributed by atoms with van der Waals surface area (Å²) < 4.78 is 11.1. The first kappa shape index (κ1) is 17.8. The van der Waals surface area contributed by atoms with E-state index >= 15 is 0 Å². The predicted molar refractivity (Wildman–Crippen MR) is 84.2 cm³/mol. The van der Waals surface area contributed by atoms with Crippen LogP contribution in [0.25, 0.3) is 0 Å². The summed E-state index contributed by atoms with van der Waals surface area (Å²) in [4.78, 5) is 13.8. The van der Waals surface area contributed by atoms with Gasteiger partial charge in [-0.3, -0.25) is 4.79 Å². The summed E-state index contributed by atoms with van der Waals surface area (Å²) in [5, 5.41) is 3.16. The largest absolute Gasteiger partial charge is 0.492 e. The van der Waals surface area contributed by atoms with Gasteiger partial charge in [0, 0.05) is 20.1 Å². The fraction of sp³-hybridized carbons (Fsp3) is 0.533. The zero-order chi connectivity index (χ0) is 14.4. The zero-order valence-corrected chi connectivity index (χ0v) is 13.3. The number of nitrogens with zero attached hydrogens (tertiary/aromatic N) is 1. The molecule has 1 aliphatic rings. The monoisotopic (exact) mass is 314 g/mol. The van der Waals surface area contributed by atoms with Crippen LogP contribution in [0.4, 0.5) is 0 Å². The Morgan fingerprint density at radius 1 is 1.52 bits per heavy atom. The Morgan fingerprint density at radius 2 is 2.33 bits per heavy atom. The van der Waals surface area contributed by atoms with E-state index in [0.29, 0.717) is 26.3 Å². The van der Waals surface area contributed by atoms with Crippen LogP contribution in [0.15, 0.2) is 24.3 Å². The Kier molecular flexibility index (Phi) is 7.50. The van der Waals surface area contributed by atoms with Crippen LogP contribution in [0.5, 0.6) is 5.75 Å². The molecule has 1 atom stereocenters. The number of nitrogens with one attached hydrogen (secondary N) is 1. The Morgan fingerprint density at radius 3 is 3.00 bits per heavy atom. The van der Waals surface area contributed by atoms with Crippen LogP contribution in [-0.4, -0.2) is 56.8 Å². The minimum absolute atomic E-state index is 0. The van der Waals surface area contributed by atoms with Crippen molar-refractivity contribution >= 4 is 18.3 Å². The molecule has 1 heterocycles. The van der Waals surface area contributed by atoms with Crippen LogP contribution in [0.3, 0.4) is 0 Å². The fourth-order valence-electron chi connectivity index (χ4n) is 2.09. The molecule has 1 saturated heterocycles. The Labute approximate surface area is 132 Å². The maximum absolute atomic E-state index is 12.1. The SMILES string of the molecule is Cc1cccc(OCCN(C)C(=O)C2CNCCO2)c1.Cl. The number of benzene rings is 1. The third-order valence-corrected chi connectivity index (χ3v) is 3.26. The quantitative estimate of drug-likeness (QED) is 0.888. The molecule has 0 radical (unpaired) electrons. The molecule has 1 aliphatic heterocycles. The van der Waals surface area contributed by atoms with E-state index in [2.05, 4.69) is 5.32 Å². The first-order valence-corrected chi connectivity index (χ1v) is 6.93. The lowest BCUT2D eigenvalue weighted by atomic mass is 10.2. The van der Waals surface area contributed by atoms with E-state index in [1.165, 1.54) is 0 Å². The van der Waals surface area contributed by atoms with Gasteiger partial charge >= 0.3 is 0 Å². The molecule has 1 fully saturated rings. The van der Waals surface area contributed by atoms with Crippen LogP contribution < -0.4 is 10.1 Å². The number of ether oxygens (including phenoxy) is 2. The molecule has 1 aromatic rings. The molecule has 6 heteroatoms. The van der Waals surface area contributed by atoms with Crippen molar-refractivity contribution < 1.29 is 14.3 Å². The van der Waals surface area contributed by atoms with Crippen molar-refractivity contribution in [2.45, 2.75) is 13.0 Å². The van der Waals surface area contributed by atoms with Crippen LogP contribution in [0, 0.1) is 6.92 Å². The zero-order valence-electron chi connectivity index (χ0n) is 12.5. The van der Waals surface area contributed by atoms with E-state index in [9.17, 15) is 4.79 Å². The van der Waals surface area contributed by atoms with Crippen LogP contribution in [-0.2, 0) is 9.53 Å². The lowest BCUT2D eigenvalue weighted by Gasteiger charge is -2.27. The molecule has 21 heavy (non-hydrogen) atoms. The molecule has 1 N–H and O–H groups in total. The van der Waals surface area contributed by atoms with Crippen molar-refractivity contribution in [1.29, 1.82) is 0 Å². The summed E-state index contributed by atoms with van der Waals surface area (Å²) in [6, 6.07) is 7.88. The van der Waals surface area contributed by atoms with Crippen molar-refractivity contribution in [2.75, 3.05) is 39.9 Å². The fourth-order valence-corrected chi connectivity index (χ4v) is 2.09. The number of hydrogen-bond acceptors (Lipinski definition) is 4. The number of likely N-dealkylation sites (N-methyl/N-ethyl adjacent to an activating group) is 1. The summed E-state index contributed by atoms with van der Waals surface area (Å²) in [7, 11) is 1.78. The molecular weight excluding hydrogens is 292 g/mol. The van der Waals surface area contributed by atoms with Gasteiger partial charge < -0.3 is 19.7 Å². The van der Waals surface area contributed by atoms with Crippen LogP contribution in [0.2, 0.25) is 0 Å². The molecule has 0 spiro atoms. The molecule has 5 nitrogen and oxygen atoms in total. The van der Waals surface area contributed by atoms with E-state index in [1.807, 2.05) is 31.2 Å². The number of carbonyl (C=O) groups excluding carboxylic acids is 1. The summed E-state index contributed by atoms with van der Waals surface area (Å²) >= 11 is 0. The summed E-state index contributed by atoms with van der Waals surface area (Å²) in [5.41, 5.74) is 1.16. The van der Waals surface area contributed by atoms with E-state index in [4.69, 9.17) is 9.47 Å². The third-order valence-electron chi connectivity index (χ3n) is 3.26. The van der Waals surface area contributed by atoms with Gasteiger partial charge in [-0.25, -0.2) is 0 Å². The highest BCUT2D eigenvalue weighted by Crippen LogP contribution is 2.12. The lowest BCUT2D eigenvalue weighted by Crippen LogP contribution is -2.49. The minimum Gasteiger partial charge on any atom is -0.492 e. The minimum atomic E-state index is -0.368. The highest BCUT2D eigenvalue weighted by Gasteiger charge is 2.24. The standard InChI is InChI=1S/C15H22N2O3.ClH/c1-12-4-3-5-13(10-12)19-9-7-17(2)15(18)14-11-16-6-8-20-14;/h3-5,10,14,16H,6-9,11H2,1-2H3;1H. The molecule has 1 unspecified atom stereocenters. The van der Waals surface area contributed by atoms with Gasteiger partial charge in [-0.15, -0.1) is 12.4 Å². The molecule has 0 aliphatic carbocycles. The molecule has 1 amide bonds. The second kappa shape index (κ2) is 8.87. The number of amides is 1. The number of hydrogen-bond donors (Lipinski definition) is 1. The number of aryl methyl sites for hydroxylation is 1. The Balaban J connectivity index is 0.00000220. The van der Waals surface area contributed by atoms with Gasteiger partial charge in [0.25, 0.3) is 5.91 Å². The van der Waals surface area contributed by atoms with Crippen molar-refractivity contribution in [3.8, 4) is 5.75 Å². The van der Waals surface area contributed by atoms with Crippen molar-refractivity contribution in [2.24, 2.45) is 0 Å². The highest BCUT2D eigenvalue weighted by atomic mass is 35.5. The summed E-state index contributed by atoms with van der Waals surface area (Å²) in [5.74, 6) is 0.839. The van der Waals surface area contributed by atoms with Gasteiger partial charge in [-0.1, -0.05) is 12.1 Å². The topological polar surface area (TPSA) is 50.8 Å². The van der Waals surface area contributed by atoms with E-state index in [-0.39, 0.29) is 24.4 Å². The summed E-state index contributed by atoms with van der Waals surface area (Å²) in [6.07, 6.45) is -0.368. The molecule has 0 saturated carbocycles. The van der Waals surface area contributed by atoms with Gasteiger partial charge in [0.2, 0.25) is 0 Å². The van der Waals surface area contributed by atoms with Gasteiger partial charge in [0.15, 0.2) is 0 Å². The maximum Gasteiger partial charge on any atom is 0.252 e. The first-order valence-electron chi connectivity index (χ1n) is 6.93. The smallest absolute Gasteiger partial charge is 0.252 e. The average molecular weight is 315 g/mol. The van der Waals surface area contributed by atoms with Crippen molar-refractivity contribution in [3.05, 3.63) is 29.8 Å². The second-order valence-corrected chi connectivity index (χ2v) is 4.99. The second-order valence-electron chi connectivity index (χ2n) is 4.99. The average Bonchev–Trinajstić information content (AvgIpc) is 2.47. The maximum atomic E-state index is 12.1. The van der Waals surface area contributed by atoms with Crippen molar-refractivity contribution in [1.82, 2.24) is 10.2 Å². The third kappa shape index (κ3) is 5.53. The molecule has 1 aromatic carbocycles.